The number of hydrogen-bond acceptors (Lipinski definition) is 3. The van der Waals surface area contributed by atoms with Gasteiger partial charge in [-0.1, -0.05) is 51.3 Å². The lowest BCUT2D eigenvalue weighted by Gasteiger charge is -2.16. The summed E-state index contributed by atoms with van der Waals surface area (Å²) in [5.74, 6) is 0.627. The lowest BCUT2D eigenvalue weighted by Crippen LogP contribution is -2.04. The third-order valence-electron chi connectivity index (χ3n) is 4.08. The van der Waals surface area contributed by atoms with Crippen molar-refractivity contribution < 1.29 is 13.9 Å². The molecule has 29 heavy (non-hydrogen) atoms. The van der Waals surface area contributed by atoms with Gasteiger partial charge in [0.1, 0.15) is 12.4 Å². The highest BCUT2D eigenvalue weighted by Gasteiger charge is 2.13. The van der Waals surface area contributed by atoms with Crippen molar-refractivity contribution in [1.82, 2.24) is 0 Å². The van der Waals surface area contributed by atoms with Crippen molar-refractivity contribution in [1.29, 1.82) is 0 Å². The topological polar surface area (TPSA) is 30.5 Å². The Morgan fingerprint density at radius 2 is 1.69 bits per heavy atom. The van der Waals surface area contributed by atoms with Crippen molar-refractivity contribution in [2.24, 2.45) is 0 Å². The van der Waals surface area contributed by atoms with Crippen LogP contribution in [0.3, 0.4) is 0 Å². The molecule has 0 atom stereocenters. The Bertz CT molecular complexity index is 983. The molecule has 3 nitrogen and oxygen atoms in total. The van der Waals surface area contributed by atoms with E-state index in [1.807, 2.05) is 43.3 Å². The molecular weight excluding hydrogens is 480 g/mol. The van der Waals surface area contributed by atoms with E-state index in [9.17, 15) is 4.39 Å². The Labute approximate surface area is 187 Å². The predicted molar refractivity (Wildman–Crippen MR) is 120 cm³/mol. The highest BCUT2D eigenvalue weighted by atomic mass is 79.9. The van der Waals surface area contributed by atoms with E-state index in [0.29, 0.717) is 42.0 Å². The van der Waals surface area contributed by atoms with Crippen molar-refractivity contribution >= 4 is 44.8 Å². The maximum atomic E-state index is 13.3. The first-order valence-electron chi connectivity index (χ1n) is 8.97. The van der Waals surface area contributed by atoms with Gasteiger partial charge in [-0.2, -0.15) is 0 Å². The molecule has 0 heterocycles. The second-order valence-electron chi connectivity index (χ2n) is 6.24. The monoisotopic (exact) mass is 497 g/mol. The molecule has 7 heteroatoms. The molecule has 0 unspecified atom stereocenters. The van der Waals surface area contributed by atoms with Crippen LogP contribution in [0, 0.1) is 5.82 Å². The summed E-state index contributed by atoms with van der Waals surface area (Å²) in [5, 5.41) is 3.73. The lowest BCUT2D eigenvalue weighted by atomic mass is 10.2. The normalized spacial score (nSPS) is 10.7. The zero-order valence-corrected chi connectivity index (χ0v) is 18.7. The van der Waals surface area contributed by atoms with Crippen LogP contribution in [-0.2, 0) is 13.2 Å². The van der Waals surface area contributed by atoms with Crippen LogP contribution in [0.25, 0.3) is 0 Å². The summed E-state index contributed by atoms with van der Waals surface area (Å²) in [6, 6.07) is 16.1. The summed E-state index contributed by atoms with van der Waals surface area (Å²) >= 11 is 15.7. The Kier molecular flexibility index (Phi) is 7.64. The highest BCUT2D eigenvalue weighted by molar-refractivity contribution is 9.10. The van der Waals surface area contributed by atoms with Crippen LogP contribution in [-0.4, -0.2) is 6.61 Å². The molecule has 3 aromatic rings. The van der Waals surface area contributed by atoms with Crippen molar-refractivity contribution in [2.75, 3.05) is 11.9 Å². The van der Waals surface area contributed by atoms with Gasteiger partial charge in [-0.05, 0) is 60.5 Å². The van der Waals surface area contributed by atoms with Gasteiger partial charge in [0.15, 0.2) is 11.5 Å². The van der Waals surface area contributed by atoms with Crippen LogP contribution >= 0.6 is 39.1 Å². The average molecular weight is 499 g/mol. The van der Waals surface area contributed by atoms with E-state index in [1.54, 1.807) is 6.07 Å². The van der Waals surface area contributed by atoms with E-state index >= 15 is 0 Å². The second-order valence-corrected chi connectivity index (χ2v) is 7.97. The third kappa shape index (κ3) is 6.01. The highest BCUT2D eigenvalue weighted by Crippen LogP contribution is 2.37. The molecular formula is C22H19BrCl2FNO2. The molecule has 0 fully saturated rings. The Morgan fingerprint density at radius 1 is 0.931 bits per heavy atom. The number of ether oxygens (including phenoxy) is 2. The van der Waals surface area contributed by atoms with Crippen LogP contribution in [0.5, 0.6) is 11.5 Å². The van der Waals surface area contributed by atoms with E-state index in [1.165, 1.54) is 12.1 Å². The molecule has 3 rings (SSSR count). The fourth-order valence-electron chi connectivity index (χ4n) is 2.67. The number of hydrogen-bond donors (Lipinski definition) is 1. The molecule has 0 amide bonds. The number of rotatable bonds is 8. The molecule has 0 saturated heterocycles. The Hall–Kier alpha value is -1.95. The minimum atomic E-state index is -0.453. The minimum Gasteiger partial charge on any atom is -0.490 e. The van der Waals surface area contributed by atoms with Gasteiger partial charge in [0.05, 0.1) is 16.7 Å². The maximum Gasteiger partial charge on any atom is 0.180 e. The van der Waals surface area contributed by atoms with Gasteiger partial charge < -0.3 is 14.8 Å². The molecule has 0 spiro atoms. The Balaban J connectivity index is 1.74. The number of nitrogens with one attached hydrogen (secondary N) is 1. The smallest absolute Gasteiger partial charge is 0.180 e. The second kappa shape index (κ2) is 10.2. The fourth-order valence-corrected chi connectivity index (χ4v) is 3.41. The molecule has 0 saturated carbocycles. The molecule has 0 aromatic heterocycles. The molecule has 0 radical (unpaired) electrons. The fraction of sp³-hybridized carbons (Fsp3) is 0.182. The van der Waals surface area contributed by atoms with E-state index in [4.69, 9.17) is 32.7 Å². The summed E-state index contributed by atoms with van der Waals surface area (Å²) in [7, 11) is 0. The van der Waals surface area contributed by atoms with Crippen molar-refractivity contribution in [3.05, 3.63) is 86.1 Å². The third-order valence-corrected chi connectivity index (χ3v) is 5.18. The summed E-state index contributed by atoms with van der Waals surface area (Å²) in [6.07, 6.45) is 0. The van der Waals surface area contributed by atoms with Gasteiger partial charge in [-0.3, -0.25) is 0 Å². The maximum absolute atomic E-state index is 13.3. The van der Waals surface area contributed by atoms with Crippen molar-refractivity contribution in [3.63, 3.8) is 0 Å². The van der Waals surface area contributed by atoms with Gasteiger partial charge in [0, 0.05) is 16.7 Å². The summed E-state index contributed by atoms with van der Waals surface area (Å²) in [5.41, 5.74) is 2.63. The summed E-state index contributed by atoms with van der Waals surface area (Å²) in [6.45, 7) is 3.22. The number of anilines is 1. The summed E-state index contributed by atoms with van der Waals surface area (Å²) < 4.78 is 26.0. The number of halogens is 4. The molecule has 152 valence electrons. The first-order chi connectivity index (χ1) is 14.0. The molecule has 0 aliphatic heterocycles. The van der Waals surface area contributed by atoms with Gasteiger partial charge in [-0.15, -0.1) is 0 Å². The van der Waals surface area contributed by atoms with Crippen LogP contribution < -0.4 is 14.8 Å². The molecule has 0 bridgehead atoms. The quantitative estimate of drug-likeness (QED) is 0.349. The summed E-state index contributed by atoms with van der Waals surface area (Å²) in [4.78, 5) is 0. The van der Waals surface area contributed by atoms with Crippen molar-refractivity contribution in [3.8, 4) is 11.5 Å². The van der Waals surface area contributed by atoms with Crippen molar-refractivity contribution in [2.45, 2.75) is 20.1 Å². The first kappa shape index (κ1) is 21.8. The van der Waals surface area contributed by atoms with E-state index < -0.39 is 5.82 Å². The lowest BCUT2D eigenvalue weighted by molar-refractivity contribution is 0.269. The number of benzene rings is 3. The van der Waals surface area contributed by atoms with E-state index in [2.05, 4.69) is 21.2 Å². The van der Waals surface area contributed by atoms with Crippen LogP contribution in [0.2, 0.25) is 10.0 Å². The molecule has 0 aliphatic carbocycles. The van der Waals surface area contributed by atoms with Crippen LogP contribution in [0.4, 0.5) is 10.1 Å². The van der Waals surface area contributed by atoms with Gasteiger partial charge in [0.2, 0.25) is 0 Å². The SMILES string of the molecule is CCOc1cc(CNc2ccc(F)c(Cl)c2)cc(Cl)c1OCc1ccc(Br)cc1. The first-order valence-corrected chi connectivity index (χ1v) is 10.5. The minimum absolute atomic E-state index is 0.0692. The molecule has 1 N–H and O–H groups in total. The predicted octanol–water partition coefficient (Wildman–Crippen LogP) is 7.48. The van der Waals surface area contributed by atoms with Gasteiger partial charge in [-0.25, -0.2) is 4.39 Å². The molecule has 3 aromatic carbocycles. The van der Waals surface area contributed by atoms with Crippen LogP contribution in [0.1, 0.15) is 18.1 Å². The zero-order chi connectivity index (χ0) is 20.8. The average Bonchev–Trinajstić information content (AvgIpc) is 2.70. The van der Waals surface area contributed by atoms with E-state index in [0.717, 1.165) is 15.6 Å². The molecule has 0 aliphatic rings. The van der Waals surface area contributed by atoms with Gasteiger partial charge >= 0.3 is 0 Å². The van der Waals surface area contributed by atoms with Crippen LogP contribution in [0.15, 0.2) is 59.1 Å². The zero-order valence-electron chi connectivity index (χ0n) is 15.6. The largest absolute Gasteiger partial charge is 0.490 e. The van der Waals surface area contributed by atoms with Gasteiger partial charge in [0.25, 0.3) is 0 Å². The Morgan fingerprint density at radius 3 is 2.38 bits per heavy atom. The standard InChI is InChI=1S/C22H19BrCl2FNO2/c1-2-28-21-10-15(12-27-17-7-8-20(26)18(24)11-17)9-19(25)22(21)29-13-14-3-5-16(23)6-4-14/h3-11,27H,2,12-13H2,1H3. The van der Waals surface area contributed by atoms with E-state index in [-0.39, 0.29) is 5.02 Å².